The third kappa shape index (κ3) is 2.20. The number of aryl methyl sites for hydroxylation is 1. The van der Waals surface area contributed by atoms with E-state index in [2.05, 4.69) is 20.4 Å². The van der Waals surface area contributed by atoms with Crippen molar-refractivity contribution in [1.82, 2.24) is 25.1 Å². The second-order valence-electron chi connectivity index (χ2n) is 4.31. The normalized spacial score (nSPS) is 10.8. The Balaban J connectivity index is 1.77. The zero-order valence-corrected chi connectivity index (χ0v) is 10.4. The van der Waals surface area contributed by atoms with Crippen LogP contribution in [0.5, 0.6) is 0 Å². The van der Waals surface area contributed by atoms with Crippen molar-refractivity contribution in [3.8, 4) is 0 Å². The van der Waals surface area contributed by atoms with Crippen LogP contribution in [-0.4, -0.2) is 25.7 Å². The maximum atomic E-state index is 12.1. The van der Waals surface area contributed by atoms with Gasteiger partial charge in [-0.2, -0.15) is 5.10 Å². The highest BCUT2D eigenvalue weighted by atomic mass is 16.1. The molecule has 0 radical (unpaired) electrons. The molecule has 6 nitrogen and oxygen atoms in total. The monoisotopic (exact) mass is 255 g/mol. The van der Waals surface area contributed by atoms with Crippen LogP contribution in [0.4, 0.5) is 0 Å². The van der Waals surface area contributed by atoms with Gasteiger partial charge in [0.05, 0.1) is 11.8 Å². The molecule has 0 fully saturated rings. The van der Waals surface area contributed by atoms with E-state index in [0.29, 0.717) is 17.8 Å². The summed E-state index contributed by atoms with van der Waals surface area (Å²) in [6, 6.07) is 3.69. The predicted molar refractivity (Wildman–Crippen MR) is 70.5 cm³/mol. The van der Waals surface area contributed by atoms with Gasteiger partial charge in [0.2, 0.25) is 0 Å². The van der Waals surface area contributed by atoms with Gasteiger partial charge in [-0.3, -0.25) is 9.48 Å². The fraction of sp³-hybridized carbons (Fsp3) is 0.154. The van der Waals surface area contributed by atoms with Crippen LogP contribution >= 0.6 is 0 Å². The maximum Gasteiger partial charge on any atom is 0.253 e. The van der Waals surface area contributed by atoms with E-state index in [-0.39, 0.29) is 5.91 Å². The average molecular weight is 255 g/mol. The highest BCUT2D eigenvalue weighted by Gasteiger charge is 2.11. The Kier molecular flexibility index (Phi) is 2.75. The van der Waals surface area contributed by atoms with E-state index in [4.69, 9.17) is 0 Å². The summed E-state index contributed by atoms with van der Waals surface area (Å²) < 4.78 is 1.71. The van der Waals surface area contributed by atoms with E-state index in [0.717, 1.165) is 10.9 Å². The summed E-state index contributed by atoms with van der Waals surface area (Å²) >= 11 is 0. The summed E-state index contributed by atoms with van der Waals surface area (Å²) in [5.74, 6) is -0.122. The van der Waals surface area contributed by atoms with Gasteiger partial charge in [0, 0.05) is 43.1 Å². The predicted octanol–water partition coefficient (Wildman–Crippen LogP) is 1.23. The lowest BCUT2D eigenvalue weighted by Gasteiger charge is -2.01. The number of fused-ring (bicyclic) bond motifs is 1. The third-order valence-corrected chi connectivity index (χ3v) is 2.91. The molecule has 3 heterocycles. The molecule has 0 saturated heterocycles. The summed E-state index contributed by atoms with van der Waals surface area (Å²) in [6.07, 6.45) is 6.97. The number of amides is 1. The van der Waals surface area contributed by atoms with E-state index in [9.17, 15) is 4.79 Å². The van der Waals surface area contributed by atoms with E-state index in [1.165, 1.54) is 0 Å². The number of carbonyl (C=O) groups is 1. The standard InChI is InChI=1S/C13H13N5O/c1-18-8-9(6-17-18)5-16-13(19)11-7-15-12-10(11)3-2-4-14-12/h2-4,6-8H,5H2,1H3,(H,14,15)(H,16,19). The maximum absolute atomic E-state index is 12.1. The van der Waals surface area contributed by atoms with Gasteiger partial charge in [-0.05, 0) is 12.1 Å². The highest BCUT2D eigenvalue weighted by molar-refractivity contribution is 6.05. The molecule has 0 bridgehead atoms. The molecule has 0 spiro atoms. The molecule has 0 aliphatic heterocycles. The number of hydrogen-bond donors (Lipinski definition) is 2. The van der Waals surface area contributed by atoms with Crippen LogP contribution in [0.1, 0.15) is 15.9 Å². The summed E-state index contributed by atoms with van der Waals surface area (Å²) in [5, 5.41) is 7.75. The Morgan fingerprint density at radius 3 is 3.21 bits per heavy atom. The first kappa shape index (κ1) is 11.5. The Morgan fingerprint density at radius 2 is 2.42 bits per heavy atom. The van der Waals surface area contributed by atoms with Crippen molar-refractivity contribution in [2.45, 2.75) is 6.54 Å². The molecule has 6 heteroatoms. The van der Waals surface area contributed by atoms with Crippen molar-refractivity contribution >= 4 is 16.9 Å². The lowest BCUT2D eigenvalue weighted by Crippen LogP contribution is -2.22. The molecule has 3 rings (SSSR count). The molecule has 0 atom stereocenters. The van der Waals surface area contributed by atoms with E-state index in [1.807, 2.05) is 25.4 Å². The smallest absolute Gasteiger partial charge is 0.253 e. The molecule has 0 aliphatic rings. The minimum Gasteiger partial charge on any atom is -0.348 e. The summed E-state index contributed by atoms with van der Waals surface area (Å²) in [7, 11) is 1.84. The Bertz CT molecular complexity index is 727. The molecule has 3 aromatic rings. The molecule has 3 aromatic heterocycles. The SMILES string of the molecule is Cn1cc(CNC(=O)c2c[nH]c3ncccc23)cn1. The number of nitrogens with one attached hydrogen (secondary N) is 2. The molecule has 0 aromatic carbocycles. The van der Waals surface area contributed by atoms with Crippen LogP contribution in [0.3, 0.4) is 0 Å². The van der Waals surface area contributed by atoms with Gasteiger partial charge < -0.3 is 10.3 Å². The zero-order valence-electron chi connectivity index (χ0n) is 10.4. The Hall–Kier alpha value is -2.63. The average Bonchev–Trinajstić information content (AvgIpc) is 3.02. The van der Waals surface area contributed by atoms with Crippen LogP contribution < -0.4 is 5.32 Å². The molecule has 19 heavy (non-hydrogen) atoms. The highest BCUT2D eigenvalue weighted by Crippen LogP contribution is 2.15. The van der Waals surface area contributed by atoms with Crippen molar-refractivity contribution in [2.75, 3.05) is 0 Å². The second-order valence-corrected chi connectivity index (χ2v) is 4.31. The number of hydrogen-bond acceptors (Lipinski definition) is 3. The number of carbonyl (C=O) groups excluding carboxylic acids is 1. The lowest BCUT2D eigenvalue weighted by molar-refractivity contribution is 0.0952. The third-order valence-electron chi connectivity index (χ3n) is 2.91. The van der Waals surface area contributed by atoms with Gasteiger partial charge >= 0.3 is 0 Å². The van der Waals surface area contributed by atoms with Crippen LogP contribution in [-0.2, 0) is 13.6 Å². The number of H-pyrrole nitrogens is 1. The summed E-state index contributed by atoms with van der Waals surface area (Å²) in [5.41, 5.74) is 2.29. The quantitative estimate of drug-likeness (QED) is 0.739. The first-order valence-electron chi connectivity index (χ1n) is 5.92. The van der Waals surface area contributed by atoms with Crippen molar-refractivity contribution in [3.05, 3.63) is 48.0 Å². The van der Waals surface area contributed by atoms with Crippen LogP contribution in [0.2, 0.25) is 0 Å². The van der Waals surface area contributed by atoms with Gasteiger partial charge in [-0.1, -0.05) is 0 Å². The van der Waals surface area contributed by atoms with Gasteiger partial charge in [-0.25, -0.2) is 4.98 Å². The van der Waals surface area contributed by atoms with Gasteiger partial charge in [0.1, 0.15) is 5.65 Å². The summed E-state index contributed by atoms with van der Waals surface area (Å²) in [6.45, 7) is 0.458. The fourth-order valence-electron chi connectivity index (χ4n) is 1.98. The Morgan fingerprint density at radius 1 is 1.53 bits per heavy atom. The van der Waals surface area contributed by atoms with Crippen molar-refractivity contribution in [3.63, 3.8) is 0 Å². The van der Waals surface area contributed by atoms with Gasteiger partial charge in [0.15, 0.2) is 0 Å². The number of aromatic nitrogens is 4. The van der Waals surface area contributed by atoms with Gasteiger partial charge in [0.25, 0.3) is 5.91 Å². The molecule has 0 saturated carbocycles. The van der Waals surface area contributed by atoms with E-state index in [1.54, 1.807) is 23.3 Å². The number of nitrogens with zero attached hydrogens (tertiary/aromatic N) is 3. The van der Waals surface area contributed by atoms with Crippen molar-refractivity contribution in [2.24, 2.45) is 7.05 Å². The molecular weight excluding hydrogens is 242 g/mol. The molecule has 2 N–H and O–H groups in total. The first-order valence-corrected chi connectivity index (χ1v) is 5.92. The second kappa shape index (κ2) is 4.56. The summed E-state index contributed by atoms with van der Waals surface area (Å²) in [4.78, 5) is 19.3. The number of aromatic amines is 1. The Labute approximate surface area is 109 Å². The molecule has 96 valence electrons. The van der Waals surface area contributed by atoms with Crippen molar-refractivity contribution < 1.29 is 4.79 Å². The lowest BCUT2D eigenvalue weighted by atomic mass is 10.2. The number of pyridine rings is 1. The molecular formula is C13H13N5O. The van der Waals surface area contributed by atoms with Crippen LogP contribution in [0.15, 0.2) is 36.9 Å². The minimum atomic E-state index is -0.122. The van der Waals surface area contributed by atoms with Crippen LogP contribution in [0.25, 0.3) is 11.0 Å². The van der Waals surface area contributed by atoms with Crippen molar-refractivity contribution in [1.29, 1.82) is 0 Å². The fourth-order valence-corrected chi connectivity index (χ4v) is 1.98. The minimum absolute atomic E-state index is 0.122. The van der Waals surface area contributed by atoms with E-state index < -0.39 is 0 Å². The number of rotatable bonds is 3. The zero-order chi connectivity index (χ0) is 13.2. The largest absolute Gasteiger partial charge is 0.348 e. The molecule has 1 amide bonds. The first-order chi connectivity index (χ1) is 9.24. The molecule has 0 unspecified atom stereocenters. The van der Waals surface area contributed by atoms with E-state index >= 15 is 0 Å². The topological polar surface area (TPSA) is 75.6 Å². The molecule has 0 aliphatic carbocycles. The van der Waals surface area contributed by atoms with Gasteiger partial charge in [-0.15, -0.1) is 0 Å². The van der Waals surface area contributed by atoms with Crippen LogP contribution in [0, 0.1) is 0 Å².